The lowest BCUT2D eigenvalue weighted by Crippen LogP contribution is -2.45. The Hall–Kier alpha value is -0.220. The zero-order valence-electron chi connectivity index (χ0n) is 7.42. The van der Waals surface area contributed by atoms with Gasteiger partial charge in [0.2, 0.25) is 0 Å². The lowest BCUT2D eigenvalue weighted by Gasteiger charge is -2.28. The number of hydrogen-bond acceptors (Lipinski definition) is 4. The number of rotatable bonds is 0. The van der Waals surface area contributed by atoms with E-state index in [1.807, 2.05) is 11.8 Å². The van der Waals surface area contributed by atoms with Gasteiger partial charge in [0, 0.05) is 31.4 Å². The summed E-state index contributed by atoms with van der Waals surface area (Å²) in [6, 6.07) is 0. The summed E-state index contributed by atoms with van der Waals surface area (Å²) >= 11 is 1.92. The number of nitrogens with one attached hydrogen (secondary N) is 1. The molecule has 1 unspecified atom stereocenters. The lowest BCUT2D eigenvalue weighted by molar-refractivity contribution is 0.363. The second kappa shape index (κ2) is 3.66. The predicted octanol–water partition coefficient (Wildman–Crippen LogP) is 0.383. The van der Waals surface area contributed by atoms with Crippen molar-refractivity contribution >= 4 is 16.9 Å². The van der Waals surface area contributed by atoms with Gasteiger partial charge in [0.15, 0.2) is 5.17 Å². The molecule has 0 radical (unpaired) electrons. The van der Waals surface area contributed by atoms with Crippen LogP contribution in [0.4, 0.5) is 0 Å². The van der Waals surface area contributed by atoms with Crippen LogP contribution in [0.25, 0.3) is 0 Å². The maximum absolute atomic E-state index is 4.52. The topological polar surface area (TPSA) is 27.6 Å². The smallest absolute Gasteiger partial charge is 0.159 e. The van der Waals surface area contributed by atoms with E-state index >= 15 is 0 Å². The summed E-state index contributed by atoms with van der Waals surface area (Å²) in [6.45, 7) is 7.70. The third-order valence-electron chi connectivity index (χ3n) is 2.18. The summed E-state index contributed by atoms with van der Waals surface area (Å²) in [5, 5.41) is 5.30. The molecule has 2 aliphatic heterocycles. The van der Waals surface area contributed by atoms with E-state index in [-0.39, 0.29) is 0 Å². The average Bonchev–Trinajstić information content (AvgIpc) is 2.54. The number of piperazine rings is 1. The Morgan fingerprint density at radius 1 is 1.50 bits per heavy atom. The number of nitrogens with zero attached hydrogens (tertiary/aromatic N) is 2. The van der Waals surface area contributed by atoms with E-state index < -0.39 is 0 Å². The summed E-state index contributed by atoms with van der Waals surface area (Å²) in [6.07, 6.45) is 0. The van der Waals surface area contributed by atoms with E-state index in [1.54, 1.807) is 0 Å². The fraction of sp³-hybridized carbons (Fsp3) is 0.875. The van der Waals surface area contributed by atoms with Gasteiger partial charge in [0.25, 0.3) is 0 Å². The summed E-state index contributed by atoms with van der Waals surface area (Å²) in [7, 11) is 0. The van der Waals surface area contributed by atoms with Crippen LogP contribution in [-0.4, -0.2) is 48.0 Å². The molecular formula is C8H15N3S. The molecule has 1 N–H and O–H groups in total. The molecule has 68 valence electrons. The van der Waals surface area contributed by atoms with Crippen LogP contribution >= 0.6 is 11.8 Å². The quantitative estimate of drug-likeness (QED) is 0.591. The van der Waals surface area contributed by atoms with Gasteiger partial charge in [0.1, 0.15) is 0 Å². The Labute approximate surface area is 77.6 Å². The summed E-state index contributed by atoms with van der Waals surface area (Å²) in [5.74, 6) is 0. The lowest BCUT2D eigenvalue weighted by atomic mass is 10.4. The molecule has 1 atom stereocenters. The highest BCUT2D eigenvalue weighted by Crippen LogP contribution is 2.22. The predicted molar refractivity (Wildman–Crippen MR) is 53.8 cm³/mol. The van der Waals surface area contributed by atoms with Gasteiger partial charge >= 0.3 is 0 Å². The molecule has 0 aromatic heterocycles. The Morgan fingerprint density at radius 2 is 2.25 bits per heavy atom. The van der Waals surface area contributed by atoms with Crippen LogP contribution < -0.4 is 5.32 Å². The van der Waals surface area contributed by atoms with Gasteiger partial charge in [-0.05, 0) is 0 Å². The molecule has 0 saturated carbocycles. The molecule has 0 amide bonds. The van der Waals surface area contributed by atoms with Crippen LogP contribution in [0.15, 0.2) is 4.99 Å². The Kier molecular flexibility index (Phi) is 2.56. The van der Waals surface area contributed by atoms with E-state index in [0.717, 1.165) is 32.7 Å². The van der Waals surface area contributed by atoms with Crippen molar-refractivity contribution in [3.05, 3.63) is 0 Å². The van der Waals surface area contributed by atoms with Crippen LogP contribution in [0.3, 0.4) is 0 Å². The van der Waals surface area contributed by atoms with Crippen LogP contribution in [-0.2, 0) is 0 Å². The second-order valence-corrected chi connectivity index (χ2v) is 4.69. The normalized spacial score (nSPS) is 30.6. The van der Waals surface area contributed by atoms with Crippen molar-refractivity contribution in [3.63, 3.8) is 0 Å². The molecule has 2 rings (SSSR count). The number of amidine groups is 1. The SMILES string of the molecule is CC1CN=C(N2CCNCC2)S1. The molecule has 0 aliphatic carbocycles. The van der Waals surface area contributed by atoms with Crippen LogP contribution in [0.2, 0.25) is 0 Å². The zero-order chi connectivity index (χ0) is 8.39. The van der Waals surface area contributed by atoms with Gasteiger partial charge in [-0.3, -0.25) is 4.99 Å². The molecule has 0 bridgehead atoms. The van der Waals surface area contributed by atoms with Crippen molar-refractivity contribution in [2.45, 2.75) is 12.2 Å². The molecule has 0 spiro atoms. The van der Waals surface area contributed by atoms with Crippen LogP contribution in [0.1, 0.15) is 6.92 Å². The number of hydrogen-bond donors (Lipinski definition) is 1. The highest BCUT2D eigenvalue weighted by Gasteiger charge is 2.21. The van der Waals surface area contributed by atoms with Crippen molar-refractivity contribution in [3.8, 4) is 0 Å². The first-order valence-electron chi connectivity index (χ1n) is 4.53. The van der Waals surface area contributed by atoms with Gasteiger partial charge < -0.3 is 10.2 Å². The van der Waals surface area contributed by atoms with Gasteiger partial charge in [-0.25, -0.2) is 0 Å². The highest BCUT2D eigenvalue weighted by atomic mass is 32.2. The molecule has 3 nitrogen and oxygen atoms in total. The van der Waals surface area contributed by atoms with E-state index in [1.165, 1.54) is 5.17 Å². The van der Waals surface area contributed by atoms with Crippen molar-refractivity contribution in [1.29, 1.82) is 0 Å². The van der Waals surface area contributed by atoms with Crippen molar-refractivity contribution < 1.29 is 0 Å². The van der Waals surface area contributed by atoms with E-state index in [9.17, 15) is 0 Å². The first-order chi connectivity index (χ1) is 5.86. The molecule has 1 saturated heterocycles. The van der Waals surface area contributed by atoms with Gasteiger partial charge in [-0.15, -0.1) is 0 Å². The van der Waals surface area contributed by atoms with Crippen molar-refractivity contribution in [2.24, 2.45) is 4.99 Å². The number of thioether (sulfide) groups is 1. The summed E-state index contributed by atoms with van der Waals surface area (Å²) < 4.78 is 0. The van der Waals surface area contributed by atoms with Gasteiger partial charge in [-0.1, -0.05) is 18.7 Å². The Balaban J connectivity index is 1.91. The average molecular weight is 185 g/mol. The van der Waals surface area contributed by atoms with Crippen LogP contribution in [0, 0.1) is 0 Å². The van der Waals surface area contributed by atoms with Crippen LogP contribution in [0.5, 0.6) is 0 Å². The molecule has 2 aliphatic rings. The molecule has 2 heterocycles. The molecule has 4 heteroatoms. The van der Waals surface area contributed by atoms with Gasteiger partial charge in [0.05, 0.1) is 6.54 Å². The van der Waals surface area contributed by atoms with Gasteiger partial charge in [-0.2, -0.15) is 0 Å². The first kappa shape index (κ1) is 8.38. The standard InChI is InChI=1S/C8H15N3S/c1-7-6-10-8(12-7)11-4-2-9-3-5-11/h7,9H,2-6H2,1H3. The minimum atomic E-state index is 0.690. The third-order valence-corrected chi connectivity index (χ3v) is 3.33. The number of aliphatic imine (C=N–C) groups is 1. The molecule has 1 fully saturated rings. The fourth-order valence-corrected chi connectivity index (χ4v) is 2.48. The maximum Gasteiger partial charge on any atom is 0.159 e. The van der Waals surface area contributed by atoms with Crippen molar-refractivity contribution in [2.75, 3.05) is 32.7 Å². The molecular weight excluding hydrogens is 170 g/mol. The molecule has 0 aromatic rings. The largest absolute Gasteiger partial charge is 0.349 e. The van der Waals surface area contributed by atoms with E-state index in [2.05, 4.69) is 22.1 Å². The Bertz CT molecular complexity index is 187. The molecule has 12 heavy (non-hydrogen) atoms. The first-order valence-corrected chi connectivity index (χ1v) is 5.41. The summed E-state index contributed by atoms with van der Waals surface area (Å²) in [4.78, 5) is 6.91. The Morgan fingerprint density at radius 3 is 2.83 bits per heavy atom. The third kappa shape index (κ3) is 1.75. The summed E-state index contributed by atoms with van der Waals surface area (Å²) in [5.41, 5.74) is 0. The monoisotopic (exact) mass is 185 g/mol. The van der Waals surface area contributed by atoms with Crippen molar-refractivity contribution in [1.82, 2.24) is 10.2 Å². The minimum Gasteiger partial charge on any atom is -0.349 e. The zero-order valence-corrected chi connectivity index (χ0v) is 8.23. The molecule has 0 aromatic carbocycles. The second-order valence-electron chi connectivity index (χ2n) is 3.29. The maximum atomic E-state index is 4.52. The van der Waals surface area contributed by atoms with E-state index in [0.29, 0.717) is 5.25 Å². The fourth-order valence-electron chi connectivity index (χ4n) is 1.49. The highest BCUT2D eigenvalue weighted by molar-refractivity contribution is 8.14. The minimum absolute atomic E-state index is 0.690. The van der Waals surface area contributed by atoms with E-state index in [4.69, 9.17) is 0 Å².